The molecule has 88 valence electrons. The highest BCUT2D eigenvalue weighted by Crippen LogP contribution is 2.30. The smallest absolute Gasteiger partial charge is 0.249 e. The van der Waals surface area contributed by atoms with Crippen LogP contribution in [0.15, 0.2) is 48.7 Å². The van der Waals surface area contributed by atoms with Crippen molar-refractivity contribution in [3.8, 4) is 11.3 Å². The van der Waals surface area contributed by atoms with Crippen molar-refractivity contribution >= 4 is 16.7 Å². The average Bonchev–Trinajstić information content (AvgIpc) is 2.90. The van der Waals surface area contributed by atoms with E-state index in [2.05, 4.69) is 10.2 Å². The molecule has 3 aromatic rings. The number of primary amides is 1. The van der Waals surface area contributed by atoms with E-state index in [1.165, 1.54) is 0 Å². The molecular formula is C14H11N3O. The van der Waals surface area contributed by atoms with Crippen molar-refractivity contribution in [2.75, 3.05) is 0 Å². The molecule has 0 aliphatic heterocycles. The van der Waals surface area contributed by atoms with Crippen LogP contribution in [0.5, 0.6) is 0 Å². The fourth-order valence-electron chi connectivity index (χ4n) is 2.16. The molecule has 0 bridgehead atoms. The number of nitrogens with zero attached hydrogens (tertiary/aromatic N) is 1. The van der Waals surface area contributed by atoms with E-state index in [1.54, 1.807) is 12.3 Å². The molecule has 1 heterocycles. The molecule has 0 fully saturated rings. The molecule has 18 heavy (non-hydrogen) atoms. The number of carbonyl (C=O) groups is 1. The Hall–Kier alpha value is -2.62. The summed E-state index contributed by atoms with van der Waals surface area (Å²) < 4.78 is 0. The molecule has 1 aromatic heterocycles. The van der Waals surface area contributed by atoms with E-state index >= 15 is 0 Å². The van der Waals surface area contributed by atoms with Crippen LogP contribution in [0.2, 0.25) is 0 Å². The Labute approximate surface area is 103 Å². The summed E-state index contributed by atoms with van der Waals surface area (Å²) in [4.78, 5) is 11.5. The molecule has 4 heteroatoms. The number of aromatic amines is 1. The third kappa shape index (κ3) is 1.55. The first-order valence-electron chi connectivity index (χ1n) is 5.58. The third-order valence-corrected chi connectivity index (χ3v) is 2.96. The zero-order valence-corrected chi connectivity index (χ0v) is 9.55. The monoisotopic (exact) mass is 237 g/mol. The lowest BCUT2D eigenvalue weighted by molar-refractivity contribution is 0.100. The molecule has 0 saturated carbocycles. The molecule has 3 N–H and O–H groups in total. The summed E-state index contributed by atoms with van der Waals surface area (Å²) in [6.45, 7) is 0. The first-order chi connectivity index (χ1) is 8.77. The summed E-state index contributed by atoms with van der Waals surface area (Å²) in [6, 6.07) is 13.3. The fraction of sp³-hybridized carbons (Fsp3) is 0. The summed E-state index contributed by atoms with van der Waals surface area (Å²) >= 11 is 0. The number of hydrogen-bond donors (Lipinski definition) is 2. The van der Waals surface area contributed by atoms with Crippen LogP contribution in [-0.4, -0.2) is 16.1 Å². The van der Waals surface area contributed by atoms with Crippen LogP contribution in [0, 0.1) is 0 Å². The van der Waals surface area contributed by atoms with Gasteiger partial charge in [0.25, 0.3) is 0 Å². The number of aromatic nitrogens is 2. The largest absolute Gasteiger partial charge is 0.366 e. The highest BCUT2D eigenvalue weighted by atomic mass is 16.1. The SMILES string of the molecule is NC(=O)c1ccc2ccccc2c1-c1ccn[nH]1. The van der Waals surface area contributed by atoms with Crippen molar-refractivity contribution in [1.82, 2.24) is 10.2 Å². The highest BCUT2D eigenvalue weighted by molar-refractivity contribution is 6.08. The van der Waals surface area contributed by atoms with Gasteiger partial charge in [0.1, 0.15) is 0 Å². The quantitative estimate of drug-likeness (QED) is 0.718. The standard InChI is InChI=1S/C14H11N3O/c15-14(18)11-6-5-9-3-1-2-4-10(9)13(11)12-7-8-16-17-12/h1-8H,(H2,15,18)(H,16,17). The fourth-order valence-corrected chi connectivity index (χ4v) is 2.16. The molecule has 0 aliphatic rings. The van der Waals surface area contributed by atoms with Crippen molar-refractivity contribution < 1.29 is 4.79 Å². The van der Waals surface area contributed by atoms with Crippen LogP contribution in [0.25, 0.3) is 22.0 Å². The van der Waals surface area contributed by atoms with Crippen LogP contribution in [0.3, 0.4) is 0 Å². The summed E-state index contributed by atoms with van der Waals surface area (Å²) in [5.41, 5.74) is 7.53. The van der Waals surface area contributed by atoms with Gasteiger partial charge in [0.05, 0.1) is 5.69 Å². The van der Waals surface area contributed by atoms with Crippen molar-refractivity contribution in [2.45, 2.75) is 0 Å². The number of benzene rings is 2. The lowest BCUT2D eigenvalue weighted by Gasteiger charge is -2.09. The Morgan fingerprint density at radius 2 is 1.94 bits per heavy atom. The van der Waals surface area contributed by atoms with Gasteiger partial charge < -0.3 is 5.73 Å². The Morgan fingerprint density at radius 3 is 2.67 bits per heavy atom. The third-order valence-electron chi connectivity index (χ3n) is 2.96. The summed E-state index contributed by atoms with van der Waals surface area (Å²) in [6.07, 6.45) is 1.65. The van der Waals surface area contributed by atoms with E-state index < -0.39 is 5.91 Å². The minimum atomic E-state index is -0.439. The van der Waals surface area contributed by atoms with E-state index in [1.807, 2.05) is 36.4 Å². The molecule has 4 nitrogen and oxygen atoms in total. The van der Waals surface area contributed by atoms with Crippen LogP contribution < -0.4 is 5.73 Å². The maximum Gasteiger partial charge on any atom is 0.249 e. The number of nitrogens with one attached hydrogen (secondary N) is 1. The zero-order chi connectivity index (χ0) is 12.5. The second-order valence-corrected chi connectivity index (χ2v) is 4.04. The minimum Gasteiger partial charge on any atom is -0.366 e. The minimum absolute atomic E-state index is 0.439. The number of nitrogens with two attached hydrogens (primary N) is 1. The normalized spacial score (nSPS) is 10.7. The molecule has 1 amide bonds. The molecule has 0 spiro atoms. The number of rotatable bonds is 2. The summed E-state index contributed by atoms with van der Waals surface area (Å²) in [5.74, 6) is -0.439. The second-order valence-electron chi connectivity index (χ2n) is 4.04. The van der Waals surface area contributed by atoms with Crippen molar-refractivity contribution in [3.05, 3.63) is 54.2 Å². The van der Waals surface area contributed by atoms with Gasteiger partial charge in [0, 0.05) is 17.3 Å². The molecule has 2 aromatic carbocycles. The number of fused-ring (bicyclic) bond motifs is 1. The zero-order valence-electron chi connectivity index (χ0n) is 9.55. The van der Waals surface area contributed by atoms with Gasteiger partial charge in [-0.1, -0.05) is 30.3 Å². The van der Waals surface area contributed by atoms with E-state index in [9.17, 15) is 4.79 Å². The van der Waals surface area contributed by atoms with Crippen molar-refractivity contribution in [3.63, 3.8) is 0 Å². The van der Waals surface area contributed by atoms with Gasteiger partial charge in [-0.05, 0) is 22.9 Å². The molecule has 0 unspecified atom stereocenters. The Bertz CT molecular complexity index is 717. The van der Waals surface area contributed by atoms with Crippen LogP contribution in [0.1, 0.15) is 10.4 Å². The van der Waals surface area contributed by atoms with Crippen molar-refractivity contribution in [2.24, 2.45) is 5.73 Å². The lowest BCUT2D eigenvalue weighted by Crippen LogP contribution is -2.12. The molecule has 0 radical (unpaired) electrons. The lowest BCUT2D eigenvalue weighted by atomic mass is 9.96. The Balaban J connectivity index is 2.43. The number of carbonyl (C=O) groups excluding carboxylic acids is 1. The number of amides is 1. The molecular weight excluding hydrogens is 226 g/mol. The molecule has 0 aliphatic carbocycles. The van der Waals surface area contributed by atoms with E-state index in [-0.39, 0.29) is 0 Å². The van der Waals surface area contributed by atoms with E-state index in [0.29, 0.717) is 5.56 Å². The van der Waals surface area contributed by atoms with Gasteiger partial charge in [0.15, 0.2) is 0 Å². The predicted octanol–water partition coefficient (Wildman–Crippen LogP) is 2.33. The van der Waals surface area contributed by atoms with Crippen LogP contribution in [-0.2, 0) is 0 Å². The average molecular weight is 237 g/mol. The van der Waals surface area contributed by atoms with Gasteiger partial charge in [0.2, 0.25) is 5.91 Å². The van der Waals surface area contributed by atoms with Crippen LogP contribution >= 0.6 is 0 Å². The topological polar surface area (TPSA) is 71.8 Å². The van der Waals surface area contributed by atoms with Crippen LogP contribution in [0.4, 0.5) is 0 Å². The number of H-pyrrole nitrogens is 1. The van der Waals surface area contributed by atoms with Gasteiger partial charge in [-0.25, -0.2) is 0 Å². The van der Waals surface area contributed by atoms with Gasteiger partial charge in [-0.15, -0.1) is 0 Å². The second kappa shape index (κ2) is 4.00. The maximum atomic E-state index is 11.5. The molecule has 0 atom stereocenters. The van der Waals surface area contributed by atoms with E-state index in [0.717, 1.165) is 22.0 Å². The van der Waals surface area contributed by atoms with E-state index in [4.69, 9.17) is 5.73 Å². The van der Waals surface area contributed by atoms with Gasteiger partial charge in [-0.2, -0.15) is 5.10 Å². The first-order valence-corrected chi connectivity index (χ1v) is 5.58. The van der Waals surface area contributed by atoms with Gasteiger partial charge in [-0.3, -0.25) is 9.89 Å². The summed E-state index contributed by atoms with van der Waals surface area (Å²) in [5, 5.41) is 8.86. The maximum absolute atomic E-state index is 11.5. The van der Waals surface area contributed by atoms with Gasteiger partial charge >= 0.3 is 0 Å². The highest BCUT2D eigenvalue weighted by Gasteiger charge is 2.14. The molecule has 3 rings (SSSR count). The predicted molar refractivity (Wildman–Crippen MR) is 70.0 cm³/mol. The molecule has 0 saturated heterocycles. The Morgan fingerprint density at radius 1 is 1.11 bits per heavy atom. The Kier molecular flexibility index (Phi) is 2.34. The summed E-state index contributed by atoms with van der Waals surface area (Å²) in [7, 11) is 0. The first kappa shape index (κ1) is 10.5. The van der Waals surface area contributed by atoms with Crippen molar-refractivity contribution in [1.29, 1.82) is 0 Å². The number of hydrogen-bond acceptors (Lipinski definition) is 2.